The Morgan fingerprint density at radius 3 is 2.26 bits per heavy atom. The number of phenols is 1. The first-order valence-corrected chi connectivity index (χ1v) is 27.1. The van der Waals surface area contributed by atoms with Crippen LogP contribution in [0, 0.1) is 12.8 Å². The number of β-amino-alcohol motifs (C(OH)–C–C–N with tert-alkyl or cyclic N) is 1. The number of likely N-dealkylation sites (tertiary alicyclic amines) is 2. The van der Waals surface area contributed by atoms with Crippen molar-refractivity contribution in [1.29, 1.82) is 0 Å². The average molecular weight is 1010 g/mol. The Hall–Kier alpha value is -6.50. The van der Waals surface area contributed by atoms with Crippen LogP contribution in [0.5, 0.6) is 5.75 Å². The highest BCUT2D eigenvalue weighted by molar-refractivity contribution is 7.13. The second-order valence-electron chi connectivity index (χ2n) is 21.3. The minimum absolute atomic E-state index is 0.0972. The van der Waals surface area contributed by atoms with Crippen LogP contribution in [0.3, 0.4) is 0 Å². The topological polar surface area (TPSA) is 216 Å². The molecule has 382 valence electrons. The predicted molar refractivity (Wildman–Crippen MR) is 280 cm³/mol. The number of rotatable bonds is 13. The number of aliphatic hydroxyl groups excluding tert-OH is 1. The SMILES string of the molecule is Cc1ncsc1-c1ccc(CNC(=O)[C@@H]2C[C@@H](O)CN2C(=O)C(c2cc([C@H]3CC[C@@H](N4CCC(c5cnc(N6C7CCC6CN(c6cc(-c8ccccc8O)nnc6N)C7)nc5)CC4)CC3)no2)C(C)C)cc1. The van der Waals surface area contributed by atoms with Gasteiger partial charge in [-0.2, -0.15) is 0 Å². The molecule has 4 aromatic heterocycles. The number of carbonyl (C=O) groups is 2. The largest absolute Gasteiger partial charge is 0.507 e. The van der Waals surface area contributed by atoms with E-state index in [0.29, 0.717) is 41.3 Å². The third kappa shape index (κ3) is 10.0. The van der Waals surface area contributed by atoms with Crippen molar-refractivity contribution in [2.75, 3.05) is 48.3 Å². The van der Waals surface area contributed by atoms with Crippen LogP contribution in [0.25, 0.3) is 21.7 Å². The van der Waals surface area contributed by atoms with Gasteiger partial charge in [-0.05, 0) is 118 Å². The summed E-state index contributed by atoms with van der Waals surface area (Å²) in [7, 11) is 0. The van der Waals surface area contributed by atoms with E-state index >= 15 is 0 Å². The summed E-state index contributed by atoms with van der Waals surface area (Å²) in [4.78, 5) is 52.3. The van der Waals surface area contributed by atoms with Gasteiger partial charge in [0.15, 0.2) is 5.82 Å². The van der Waals surface area contributed by atoms with E-state index in [0.717, 1.165) is 117 Å². The molecule has 17 nitrogen and oxygen atoms in total. The molecule has 4 aliphatic heterocycles. The van der Waals surface area contributed by atoms with Crippen molar-refractivity contribution >= 4 is 40.6 Å². The summed E-state index contributed by atoms with van der Waals surface area (Å²) in [6, 6.07) is 19.4. The van der Waals surface area contributed by atoms with Crippen molar-refractivity contribution < 1.29 is 24.3 Å². The number of aromatic hydroxyl groups is 1. The molecule has 5 N–H and O–H groups in total. The maximum atomic E-state index is 14.3. The van der Waals surface area contributed by atoms with Gasteiger partial charge in [0.2, 0.25) is 17.8 Å². The number of carbonyl (C=O) groups excluding carboxylic acids is 2. The number of benzene rings is 2. The third-order valence-electron chi connectivity index (χ3n) is 16.4. The fraction of sp³-hybridized carbons (Fsp3) is 0.491. The van der Waals surface area contributed by atoms with Crippen LogP contribution >= 0.6 is 11.3 Å². The first-order chi connectivity index (χ1) is 35.4. The van der Waals surface area contributed by atoms with Gasteiger partial charge in [-0.1, -0.05) is 55.4 Å². The Bertz CT molecular complexity index is 2880. The fourth-order valence-electron chi connectivity index (χ4n) is 12.4. The second-order valence-corrected chi connectivity index (χ2v) is 22.2. The van der Waals surface area contributed by atoms with E-state index in [1.807, 2.05) is 74.8 Å². The number of piperidine rings is 1. The molecule has 2 bridgehead atoms. The summed E-state index contributed by atoms with van der Waals surface area (Å²) < 4.78 is 5.99. The van der Waals surface area contributed by atoms with Crippen LogP contribution in [0.4, 0.5) is 17.5 Å². The van der Waals surface area contributed by atoms with E-state index in [9.17, 15) is 19.8 Å². The minimum Gasteiger partial charge on any atom is -0.507 e. The standard InChI is InChI=1S/C55H66N12O5S/c1-32(2)50(54(71)66-30-42(68)22-47(66)53(70)57-25-34-8-10-37(11-9-34)51-33(3)60-31-73-51)49-24-44(63-72-49)36-12-14-39(15-13-36)64-20-18-35(19-21-64)38-26-58-55(59-27-38)67-40-16-17-41(67)29-65(28-40)46-23-45(61-62-52(46)56)43-6-4-5-7-48(43)69/h4-11,23-24,26-27,31-32,35-36,39-42,47,50,68-69H,12-22,25,28-30H2,1-3H3,(H2,56,62)(H,57,70)/t36-,39+,40?,41?,42-,47+,50?/m1/s1. The number of nitrogens with zero attached hydrogens (tertiary/aromatic N) is 10. The normalized spacial score (nSPS) is 24.1. The van der Waals surface area contributed by atoms with Crippen LogP contribution in [0.1, 0.15) is 118 Å². The molecule has 11 rings (SSSR count). The number of fused-ring (bicyclic) bond motifs is 2. The quantitative estimate of drug-likeness (QED) is 0.0886. The lowest BCUT2D eigenvalue weighted by atomic mass is 9.81. The Morgan fingerprint density at radius 2 is 1.58 bits per heavy atom. The first-order valence-electron chi connectivity index (χ1n) is 26.2. The lowest BCUT2D eigenvalue weighted by Crippen LogP contribution is -2.54. The van der Waals surface area contributed by atoms with Gasteiger partial charge in [0.05, 0.1) is 39.3 Å². The van der Waals surface area contributed by atoms with E-state index in [4.69, 9.17) is 20.2 Å². The van der Waals surface area contributed by atoms with Gasteiger partial charge >= 0.3 is 0 Å². The number of amides is 2. The number of aromatic nitrogens is 6. The number of piperazine rings is 1. The Labute approximate surface area is 430 Å². The molecular weight excluding hydrogens is 941 g/mol. The van der Waals surface area contributed by atoms with Crippen molar-refractivity contribution in [3.63, 3.8) is 0 Å². The first kappa shape index (κ1) is 48.8. The highest BCUT2D eigenvalue weighted by Gasteiger charge is 2.45. The van der Waals surface area contributed by atoms with Crippen molar-refractivity contribution in [1.82, 2.24) is 45.4 Å². The van der Waals surface area contributed by atoms with Gasteiger partial charge in [-0.25, -0.2) is 15.0 Å². The molecule has 2 amide bonds. The molecule has 1 aliphatic carbocycles. The monoisotopic (exact) mass is 1010 g/mol. The summed E-state index contributed by atoms with van der Waals surface area (Å²) in [6.45, 7) is 10.0. The zero-order valence-electron chi connectivity index (χ0n) is 41.9. The average Bonchev–Trinajstić information content (AvgIpc) is 4.22. The fourth-order valence-corrected chi connectivity index (χ4v) is 13.2. The van der Waals surface area contributed by atoms with Crippen LogP contribution in [-0.4, -0.2) is 125 Å². The molecule has 73 heavy (non-hydrogen) atoms. The molecular formula is C55H66N12O5S. The van der Waals surface area contributed by atoms with Crippen LogP contribution in [-0.2, 0) is 16.1 Å². The molecule has 2 aromatic carbocycles. The van der Waals surface area contributed by atoms with Gasteiger partial charge in [0.1, 0.15) is 23.5 Å². The lowest BCUT2D eigenvalue weighted by Gasteiger charge is -2.42. The molecule has 4 saturated heterocycles. The van der Waals surface area contributed by atoms with E-state index in [1.54, 1.807) is 28.4 Å². The molecule has 0 radical (unpaired) electrons. The maximum absolute atomic E-state index is 14.3. The molecule has 6 aromatic rings. The van der Waals surface area contributed by atoms with E-state index < -0.39 is 18.1 Å². The Balaban J connectivity index is 0.651. The van der Waals surface area contributed by atoms with E-state index in [-0.39, 0.29) is 54.4 Å². The number of nitrogens with one attached hydrogen (secondary N) is 1. The van der Waals surface area contributed by atoms with Crippen molar-refractivity contribution in [3.05, 3.63) is 107 Å². The second kappa shape index (κ2) is 20.8. The molecule has 18 heteroatoms. The highest BCUT2D eigenvalue weighted by atomic mass is 32.1. The van der Waals surface area contributed by atoms with E-state index in [2.05, 4.69) is 52.7 Å². The summed E-state index contributed by atoms with van der Waals surface area (Å²) in [5.41, 5.74) is 15.4. The van der Waals surface area contributed by atoms with Crippen LogP contribution in [0.15, 0.2) is 83.1 Å². The number of hydrogen-bond donors (Lipinski definition) is 4. The molecule has 0 spiro atoms. The number of phenolic OH excluding ortho intramolecular Hbond substituents is 1. The number of nitrogens with two attached hydrogens (primary N) is 1. The summed E-state index contributed by atoms with van der Waals surface area (Å²) in [6.07, 6.45) is 11.9. The number of para-hydroxylation sites is 1. The number of hydrogen-bond acceptors (Lipinski definition) is 16. The van der Waals surface area contributed by atoms with Gasteiger partial charge in [-0.3, -0.25) is 9.59 Å². The smallest absolute Gasteiger partial charge is 0.243 e. The van der Waals surface area contributed by atoms with Crippen molar-refractivity contribution in [2.45, 2.75) is 133 Å². The Morgan fingerprint density at radius 1 is 0.863 bits per heavy atom. The van der Waals surface area contributed by atoms with Gasteiger partial charge in [0, 0.05) is 80.7 Å². The molecule has 8 heterocycles. The van der Waals surface area contributed by atoms with Crippen molar-refractivity contribution in [2.24, 2.45) is 5.92 Å². The van der Waals surface area contributed by atoms with Crippen LogP contribution in [0.2, 0.25) is 0 Å². The lowest BCUT2D eigenvalue weighted by molar-refractivity contribution is -0.141. The maximum Gasteiger partial charge on any atom is 0.243 e. The van der Waals surface area contributed by atoms with Gasteiger partial charge < -0.3 is 45.4 Å². The number of nitrogen functional groups attached to an aromatic ring is 1. The van der Waals surface area contributed by atoms with E-state index in [1.165, 1.54) is 5.56 Å². The zero-order chi connectivity index (χ0) is 50.3. The number of aliphatic hydroxyl groups is 1. The minimum atomic E-state index is -0.788. The molecule has 5 fully saturated rings. The van der Waals surface area contributed by atoms with Gasteiger partial charge in [0.25, 0.3) is 0 Å². The van der Waals surface area contributed by atoms with Crippen LogP contribution < -0.4 is 20.9 Å². The predicted octanol–water partition coefficient (Wildman–Crippen LogP) is 7.42. The zero-order valence-corrected chi connectivity index (χ0v) is 42.7. The summed E-state index contributed by atoms with van der Waals surface area (Å²) in [5, 5.41) is 37.3. The van der Waals surface area contributed by atoms with Gasteiger partial charge in [-0.15, -0.1) is 21.5 Å². The molecule has 1 saturated carbocycles. The molecule has 3 unspecified atom stereocenters. The summed E-state index contributed by atoms with van der Waals surface area (Å²) >= 11 is 1.60. The highest BCUT2D eigenvalue weighted by Crippen LogP contribution is 2.41. The summed E-state index contributed by atoms with van der Waals surface area (Å²) in [5.74, 6) is 1.31. The number of thiazole rings is 1. The number of anilines is 3. The number of aryl methyl sites for hydroxylation is 1. The molecule has 5 aliphatic rings. The third-order valence-corrected chi connectivity index (χ3v) is 17.4. The molecule has 5 atom stereocenters. The Kier molecular flexibility index (Phi) is 13.9. The van der Waals surface area contributed by atoms with Crippen molar-refractivity contribution in [3.8, 4) is 27.4 Å².